The Morgan fingerprint density at radius 3 is 2.47 bits per heavy atom. The molecule has 0 radical (unpaired) electrons. The van der Waals surface area contributed by atoms with Crippen molar-refractivity contribution in [2.45, 2.75) is 44.1 Å². The summed E-state index contributed by atoms with van der Waals surface area (Å²) in [6.07, 6.45) is 5.60. The van der Waals surface area contributed by atoms with Gasteiger partial charge in [-0.2, -0.15) is 0 Å². The summed E-state index contributed by atoms with van der Waals surface area (Å²) in [4.78, 5) is 11.4. The summed E-state index contributed by atoms with van der Waals surface area (Å²) >= 11 is 0. The van der Waals surface area contributed by atoms with Crippen LogP contribution in [0.1, 0.15) is 43.6 Å². The van der Waals surface area contributed by atoms with Gasteiger partial charge in [0.25, 0.3) is 0 Å². The summed E-state index contributed by atoms with van der Waals surface area (Å²) in [5.74, 6) is 0.0611. The molecule has 0 bridgehead atoms. The maximum absolute atomic E-state index is 12.9. The van der Waals surface area contributed by atoms with Gasteiger partial charge >= 0.3 is 5.97 Å². The molecule has 0 amide bonds. The van der Waals surface area contributed by atoms with Gasteiger partial charge in [0.2, 0.25) is 0 Å². The third-order valence-corrected chi connectivity index (χ3v) is 3.62. The number of carbonyl (C=O) groups excluding carboxylic acids is 1. The van der Waals surface area contributed by atoms with Gasteiger partial charge in [0, 0.05) is 0 Å². The summed E-state index contributed by atoms with van der Waals surface area (Å²) < 4.78 is 18.2. The molecule has 1 fully saturated rings. The van der Waals surface area contributed by atoms with Crippen LogP contribution in [0.5, 0.6) is 0 Å². The molecule has 0 unspecified atom stereocenters. The molecule has 1 saturated carbocycles. The maximum atomic E-state index is 12.9. The average Bonchev–Trinajstić information content (AvgIpc) is 2.41. The van der Waals surface area contributed by atoms with Gasteiger partial charge in [0.05, 0.1) is 6.42 Å². The van der Waals surface area contributed by atoms with Crippen LogP contribution in [0.3, 0.4) is 0 Å². The number of carbonyl (C=O) groups is 1. The van der Waals surface area contributed by atoms with E-state index in [9.17, 15) is 9.18 Å². The Hall–Kier alpha value is -1.64. The molecule has 0 atom stereocenters. The number of rotatable bonds is 4. The molecule has 3 heteroatoms. The lowest BCUT2D eigenvalue weighted by molar-refractivity contribution is -0.149. The molecule has 0 heterocycles. The van der Waals surface area contributed by atoms with E-state index < -0.39 is 0 Å². The van der Waals surface area contributed by atoms with Gasteiger partial charge < -0.3 is 4.74 Å². The van der Waals surface area contributed by atoms with Crippen molar-refractivity contribution < 1.29 is 13.9 Å². The van der Waals surface area contributed by atoms with E-state index in [0.717, 1.165) is 25.7 Å². The number of benzene rings is 1. The second-order valence-electron chi connectivity index (χ2n) is 5.01. The van der Waals surface area contributed by atoms with E-state index >= 15 is 0 Å². The zero-order chi connectivity index (χ0) is 13.7. The van der Waals surface area contributed by atoms with Gasteiger partial charge in [-0.15, -0.1) is 6.58 Å². The van der Waals surface area contributed by atoms with Crippen LogP contribution in [0.25, 0.3) is 0 Å². The fourth-order valence-electron chi connectivity index (χ4n) is 2.60. The van der Waals surface area contributed by atoms with E-state index in [0.29, 0.717) is 5.92 Å². The predicted molar refractivity (Wildman–Crippen MR) is 72.3 cm³/mol. The van der Waals surface area contributed by atoms with E-state index in [2.05, 4.69) is 6.58 Å². The van der Waals surface area contributed by atoms with Crippen LogP contribution < -0.4 is 0 Å². The first kappa shape index (κ1) is 13.8. The van der Waals surface area contributed by atoms with E-state index in [4.69, 9.17) is 4.74 Å². The first-order chi connectivity index (χ1) is 9.19. The van der Waals surface area contributed by atoms with Crippen LogP contribution in [0.15, 0.2) is 36.9 Å². The highest BCUT2D eigenvalue weighted by Crippen LogP contribution is 2.34. The molecule has 0 aromatic heterocycles. The molecule has 2 nitrogen and oxygen atoms in total. The zero-order valence-corrected chi connectivity index (χ0v) is 11.0. The minimum Gasteiger partial charge on any atom is -0.462 e. The highest BCUT2D eigenvalue weighted by molar-refractivity contribution is 5.71. The van der Waals surface area contributed by atoms with Crippen LogP contribution in [-0.4, -0.2) is 12.1 Å². The van der Waals surface area contributed by atoms with Gasteiger partial charge in [-0.05, 0) is 49.3 Å². The Morgan fingerprint density at radius 2 is 1.89 bits per heavy atom. The van der Waals surface area contributed by atoms with Crippen molar-refractivity contribution in [3.63, 3.8) is 0 Å². The molecule has 0 N–H and O–H groups in total. The van der Waals surface area contributed by atoms with Crippen molar-refractivity contribution in [3.05, 3.63) is 48.3 Å². The van der Waals surface area contributed by atoms with Gasteiger partial charge in [-0.25, -0.2) is 4.39 Å². The lowest BCUT2D eigenvalue weighted by Crippen LogP contribution is -2.23. The largest absolute Gasteiger partial charge is 0.462 e. The monoisotopic (exact) mass is 262 g/mol. The molecular weight excluding hydrogens is 243 g/mol. The first-order valence-electron chi connectivity index (χ1n) is 6.75. The molecule has 0 saturated heterocycles. The smallest absolute Gasteiger partial charge is 0.309 e. The first-order valence-corrected chi connectivity index (χ1v) is 6.75. The van der Waals surface area contributed by atoms with E-state index in [-0.39, 0.29) is 24.3 Å². The molecule has 0 aliphatic heterocycles. The predicted octanol–water partition coefficient (Wildman–Crippen LogP) is 3.97. The SMILES string of the molecule is C=CCC(=O)O[C@H]1CC[C@H](c2ccc(F)cc2)CC1. The van der Waals surface area contributed by atoms with Gasteiger partial charge in [-0.3, -0.25) is 4.79 Å². The molecular formula is C16H19FO2. The fourth-order valence-corrected chi connectivity index (χ4v) is 2.60. The Balaban J connectivity index is 1.83. The number of ether oxygens (including phenoxy) is 1. The number of esters is 1. The number of halogens is 1. The average molecular weight is 262 g/mol. The van der Waals surface area contributed by atoms with Gasteiger partial charge in [0.15, 0.2) is 0 Å². The second kappa shape index (κ2) is 6.50. The minimum absolute atomic E-state index is 0.0316. The van der Waals surface area contributed by atoms with Crippen LogP contribution >= 0.6 is 0 Å². The Kier molecular flexibility index (Phi) is 4.72. The Bertz CT molecular complexity index is 431. The molecule has 1 aromatic rings. The highest BCUT2D eigenvalue weighted by atomic mass is 19.1. The van der Waals surface area contributed by atoms with Crippen LogP contribution in [0.2, 0.25) is 0 Å². The summed E-state index contributed by atoms with van der Waals surface area (Å²) in [5.41, 5.74) is 1.18. The lowest BCUT2D eigenvalue weighted by atomic mass is 9.83. The number of hydrogen-bond acceptors (Lipinski definition) is 2. The minimum atomic E-state index is -0.198. The highest BCUT2D eigenvalue weighted by Gasteiger charge is 2.24. The molecule has 19 heavy (non-hydrogen) atoms. The summed E-state index contributed by atoms with van der Waals surface area (Å²) in [6.45, 7) is 3.52. The second-order valence-corrected chi connectivity index (χ2v) is 5.01. The van der Waals surface area contributed by atoms with Crippen molar-refractivity contribution in [1.82, 2.24) is 0 Å². The normalized spacial score (nSPS) is 22.8. The van der Waals surface area contributed by atoms with Crippen molar-refractivity contribution in [2.75, 3.05) is 0 Å². The van der Waals surface area contributed by atoms with Crippen LogP contribution in [-0.2, 0) is 9.53 Å². The quantitative estimate of drug-likeness (QED) is 0.606. The Morgan fingerprint density at radius 1 is 1.26 bits per heavy atom. The topological polar surface area (TPSA) is 26.3 Å². The van der Waals surface area contributed by atoms with Crippen LogP contribution in [0.4, 0.5) is 4.39 Å². The molecule has 1 aromatic carbocycles. The third kappa shape index (κ3) is 3.91. The van der Waals surface area contributed by atoms with Gasteiger partial charge in [-0.1, -0.05) is 18.2 Å². The molecule has 102 valence electrons. The van der Waals surface area contributed by atoms with E-state index in [1.807, 2.05) is 12.1 Å². The summed E-state index contributed by atoms with van der Waals surface area (Å²) in [5, 5.41) is 0. The third-order valence-electron chi connectivity index (χ3n) is 3.62. The van der Waals surface area contributed by atoms with Crippen molar-refractivity contribution >= 4 is 5.97 Å². The molecule has 0 spiro atoms. The molecule has 1 aliphatic carbocycles. The maximum Gasteiger partial charge on any atom is 0.309 e. The molecule has 1 aliphatic rings. The standard InChI is InChI=1S/C16H19FO2/c1-2-3-16(18)19-15-10-6-13(7-11-15)12-4-8-14(17)9-5-12/h2,4-5,8-9,13,15H,1,3,6-7,10-11H2/t13-,15-. The van der Waals surface area contributed by atoms with Crippen LogP contribution in [0, 0.1) is 5.82 Å². The Labute approximate surface area is 113 Å². The zero-order valence-electron chi connectivity index (χ0n) is 11.0. The lowest BCUT2D eigenvalue weighted by Gasteiger charge is -2.28. The van der Waals surface area contributed by atoms with Gasteiger partial charge in [0.1, 0.15) is 11.9 Å². The van der Waals surface area contributed by atoms with E-state index in [1.165, 1.54) is 17.7 Å². The fraction of sp³-hybridized carbons (Fsp3) is 0.438. The summed E-state index contributed by atoms with van der Waals surface area (Å²) in [6, 6.07) is 6.71. The number of hydrogen-bond donors (Lipinski definition) is 0. The van der Waals surface area contributed by atoms with Crippen molar-refractivity contribution in [1.29, 1.82) is 0 Å². The van der Waals surface area contributed by atoms with Crippen molar-refractivity contribution in [3.8, 4) is 0 Å². The van der Waals surface area contributed by atoms with E-state index in [1.54, 1.807) is 6.08 Å². The molecule has 2 rings (SSSR count). The summed E-state index contributed by atoms with van der Waals surface area (Å²) in [7, 11) is 0. The van der Waals surface area contributed by atoms with Crippen molar-refractivity contribution in [2.24, 2.45) is 0 Å².